The van der Waals surface area contributed by atoms with Crippen molar-refractivity contribution in [2.45, 2.75) is 59.8 Å². The summed E-state index contributed by atoms with van der Waals surface area (Å²) in [7, 11) is 0. The van der Waals surface area contributed by atoms with Gasteiger partial charge in [0, 0.05) is 19.5 Å². The molecule has 1 unspecified atom stereocenters. The predicted octanol–water partition coefficient (Wildman–Crippen LogP) is 3.00. The van der Waals surface area contributed by atoms with E-state index < -0.39 is 5.97 Å². The number of amides is 2. The molecule has 1 atom stereocenters. The summed E-state index contributed by atoms with van der Waals surface area (Å²) >= 11 is 0. The zero-order valence-electron chi connectivity index (χ0n) is 13.3. The normalized spacial score (nSPS) is 12.8. The lowest BCUT2D eigenvalue weighted by atomic mass is 9.87. The first-order chi connectivity index (χ1) is 9.26. The molecule has 0 aliphatic carbocycles. The highest BCUT2D eigenvalue weighted by atomic mass is 16.4. The zero-order valence-corrected chi connectivity index (χ0v) is 13.3. The quantitative estimate of drug-likeness (QED) is 0.540. The Kier molecular flexibility index (Phi) is 9.01. The number of carbonyl (C=O) groups excluding carboxylic acids is 1. The van der Waals surface area contributed by atoms with Crippen molar-refractivity contribution in [2.75, 3.05) is 13.1 Å². The largest absolute Gasteiger partial charge is 0.481 e. The maximum absolute atomic E-state index is 11.6. The second-order valence-corrected chi connectivity index (χ2v) is 6.39. The van der Waals surface area contributed by atoms with E-state index in [9.17, 15) is 9.59 Å². The van der Waals surface area contributed by atoms with Crippen molar-refractivity contribution in [3.05, 3.63) is 0 Å². The van der Waals surface area contributed by atoms with Crippen molar-refractivity contribution in [3.63, 3.8) is 0 Å². The lowest BCUT2D eigenvalue weighted by Crippen LogP contribution is -2.42. The second-order valence-electron chi connectivity index (χ2n) is 6.39. The molecule has 0 aromatic carbocycles. The third-order valence-corrected chi connectivity index (χ3v) is 3.32. The third-order valence-electron chi connectivity index (χ3n) is 3.32. The standard InChI is InChI=1S/C15H30N2O3/c1-5-6-7-8-15(3,4)11-17-14(20)16-10-12(2)9-13(18)19/h12H,5-11H2,1-4H3,(H,18,19)(H2,16,17,20). The summed E-state index contributed by atoms with van der Waals surface area (Å²) in [6.45, 7) is 9.30. The number of carboxylic acids is 1. The van der Waals surface area contributed by atoms with Gasteiger partial charge in [-0.05, 0) is 17.8 Å². The Hall–Kier alpha value is -1.26. The van der Waals surface area contributed by atoms with Gasteiger partial charge in [-0.15, -0.1) is 0 Å². The molecular formula is C15H30N2O3. The average Bonchev–Trinajstić information content (AvgIpc) is 2.33. The third kappa shape index (κ3) is 10.6. The lowest BCUT2D eigenvalue weighted by molar-refractivity contribution is -0.137. The molecule has 3 N–H and O–H groups in total. The minimum atomic E-state index is -0.836. The molecule has 0 aliphatic heterocycles. The highest BCUT2D eigenvalue weighted by molar-refractivity contribution is 5.74. The molecule has 0 aliphatic rings. The lowest BCUT2D eigenvalue weighted by Gasteiger charge is -2.25. The number of carboxylic acid groups (broad SMARTS) is 1. The van der Waals surface area contributed by atoms with Gasteiger partial charge >= 0.3 is 12.0 Å². The summed E-state index contributed by atoms with van der Waals surface area (Å²) in [6, 6.07) is -0.217. The van der Waals surface area contributed by atoms with Gasteiger partial charge < -0.3 is 15.7 Å². The number of aliphatic carboxylic acids is 1. The summed E-state index contributed by atoms with van der Waals surface area (Å²) in [6.07, 6.45) is 4.77. The van der Waals surface area contributed by atoms with Gasteiger partial charge in [-0.3, -0.25) is 4.79 Å². The van der Waals surface area contributed by atoms with Crippen LogP contribution in [0.5, 0.6) is 0 Å². The Balaban J connectivity index is 3.83. The van der Waals surface area contributed by atoms with Gasteiger partial charge in [-0.25, -0.2) is 4.79 Å². The molecule has 0 radical (unpaired) electrons. The topological polar surface area (TPSA) is 78.4 Å². The molecule has 0 bridgehead atoms. The van der Waals surface area contributed by atoms with Crippen molar-refractivity contribution in [1.82, 2.24) is 10.6 Å². The van der Waals surface area contributed by atoms with Crippen LogP contribution < -0.4 is 10.6 Å². The van der Waals surface area contributed by atoms with Crippen molar-refractivity contribution in [3.8, 4) is 0 Å². The maximum atomic E-state index is 11.6. The summed E-state index contributed by atoms with van der Waals surface area (Å²) in [4.78, 5) is 22.1. The van der Waals surface area contributed by atoms with E-state index in [1.807, 2.05) is 6.92 Å². The van der Waals surface area contributed by atoms with Gasteiger partial charge in [0.05, 0.1) is 0 Å². The molecular weight excluding hydrogens is 256 g/mol. The number of carbonyl (C=O) groups is 2. The van der Waals surface area contributed by atoms with E-state index in [1.54, 1.807) is 0 Å². The SMILES string of the molecule is CCCCCC(C)(C)CNC(=O)NCC(C)CC(=O)O. The Morgan fingerprint density at radius 2 is 1.85 bits per heavy atom. The minimum Gasteiger partial charge on any atom is -0.481 e. The second kappa shape index (κ2) is 9.61. The number of hydrogen-bond donors (Lipinski definition) is 3. The number of rotatable bonds is 10. The van der Waals surface area contributed by atoms with E-state index >= 15 is 0 Å². The van der Waals surface area contributed by atoms with Crippen LogP contribution in [-0.2, 0) is 4.79 Å². The maximum Gasteiger partial charge on any atom is 0.314 e. The van der Waals surface area contributed by atoms with Crippen LogP contribution in [0.1, 0.15) is 59.8 Å². The Bertz CT molecular complexity index is 303. The molecule has 2 amide bonds. The fourth-order valence-corrected chi connectivity index (χ4v) is 1.96. The number of unbranched alkanes of at least 4 members (excludes halogenated alkanes) is 2. The first-order valence-corrected chi connectivity index (χ1v) is 7.50. The van der Waals surface area contributed by atoms with E-state index in [1.165, 1.54) is 19.3 Å². The van der Waals surface area contributed by atoms with Crippen LogP contribution in [0.2, 0.25) is 0 Å². The number of nitrogens with one attached hydrogen (secondary N) is 2. The summed E-state index contributed by atoms with van der Waals surface area (Å²) < 4.78 is 0. The summed E-state index contributed by atoms with van der Waals surface area (Å²) in [5.41, 5.74) is 0.0964. The summed E-state index contributed by atoms with van der Waals surface area (Å²) in [5, 5.41) is 14.2. The van der Waals surface area contributed by atoms with Gasteiger partial charge in [0.2, 0.25) is 0 Å². The Morgan fingerprint density at radius 3 is 2.40 bits per heavy atom. The van der Waals surface area contributed by atoms with Gasteiger partial charge in [0.15, 0.2) is 0 Å². The number of hydrogen-bond acceptors (Lipinski definition) is 2. The molecule has 5 heteroatoms. The molecule has 0 rings (SSSR count). The number of urea groups is 1. The van der Waals surface area contributed by atoms with Crippen LogP contribution in [0.25, 0.3) is 0 Å². The van der Waals surface area contributed by atoms with Crippen molar-refractivity contribution >= 4 is 12.0 Å². The molecule has 0 saturated carbocycles. The van der Waals surface area contributed by atoms with E-state index in [4.69, 9.17) is 5.11 Å². The van der Waals surface area contributed by atoms with Crippen LogP contribution in [0.3, 0.4) is 0 Å². The van der Waals surface area contributed by atoms with E-state index in [2.05, 4.69) is 31.4 Å². The van der Waals surface area contributed by atoms with Gasteiger partial charge in [0.25, 0.3) is 0 Å². The van der Waals surface area contributed by atoms with E-state index in [0.717, 1.165) is 6.42 Å². The molecule has 0 aromatic rings. The average molecular weight is 286 g/mol. The van der Waals surface area contributed by atoms with E-state index in [-0.39, 0.29) is 23.8 Å². The van der Waals surface area contributed by atoms with Crippen LogP contribution in [-0.4, -0.2) is 30.2 Å². The minimum absolute atomic E-state index is 0.0594. The van der Waals surface area contributed by atoms with Crippen LogP contribution in [0.4, 0.5) is 4.79 Å². The van der Waals surface area contributed by atoms with Gasteiger partial charge in [0.1, 0.15) is 0 Å². The van der Waals surface area contributed by atoms with Crippen molar-refractivity contribution < 1.29 is 14.7 Å². The highest BCUT2D eigenvalue weighted by Crippen LogP contribution is 2.22. The molecule has 0 aromatic heterocycles. The van der Waals surface area contributed by atoms with Gasteiger partial charge in [-0.1, -0.05) is 47.0 Å². The summed E-state index contributed by atoms with van der Waals surface area (Å²) in [5.74, 6) is -0.896. The molecule has 0 spiro atoms. The first-order valence-electron chi connectivity index (χ1n) is 7.50. The molecule has 5 nitrogen and oxygen atoms in total. The van der Waals surface area contributed by atoms with Crippen LogP contribution in [0.15, 0.2) is 0 Å². The van der Waals surface area contributed by atoms with Crippen LogP contribution >= 0.6 is 0 Å². The molecule has 20 heavy (non-hydrogen) atoms. The van der Waals surface area contributed by atoms with Crippen molar-refractivity contribution in [1.29, 1.82) is 0 Å². The van der Waals surface area contributed by atoms with Gasteiger partial charge in [-0.2, -0.15) is 0 Å². The predicted molar refractivity (Wildman–Crippen MR) is 80.7 cm³/mol. The van der Waals surface area contributed by atoms with E-state index in [0.29, 0.717) is 13.1 Å². The molecule has 0 fully saturated rings. The van der Waals surface area contributed by atoms with Crippen LogP contribution in [0, 0.1) is 11.3 Å². The Labute approximate surface area is 122 Å². The molecule has 0 saturated heterocycles. The molecule has 0 heterocycles. The smallest absolute Gasteiger partial charge is 0.314 e. The van der Waals surface area contributed by atoms with Crippen molar-refractivity contribution in [2.24, 2.45) is 11.3 Å². The first kappa shape index (κ1) is 18.7. The fourth-order valence-electron chi connectivity index (χ4n) is 1.96. The Morgan fingerprint density at radius 1 is 1.20 bits per heavy atom. The molecule has 118 valence electrons. The fraction of sp³-hybridized carbons (Fsp3) is 0.867. The monoisotopic (exact) mass is 286 g/mol. The highest BCUT2D eigenvalue weighted by Gasteiger charge is 2.18. The zero-order chi connectivity index (χ0) is 15.6.